The first-order valence-corrected chi connectivity index (χ1v) is 11.6. The first-order valence-electron chi connectivity index (χ1n) is 10.4. The van der Waals surface area contributed by atoms with Gasteiger partial charge in [0.15, 0.2) is 11.5 Å². The number of benzene rings is 4. The molecule has 0 bridgehead atoms. The van der Waals surface area contributed by atoms with Crippen LogP contribution in [0.25, 0.3) is 0 Å². The van der Waals surface area contributed by atoms with Crippen LogP contribution in [0.15, 0.2) is 95.5 Å². The van der Waals surface area contributed by atoms with E-state index < -0.39 is 0 Å². The molecule has 0 aliphatic carbocycles. The van der Waals surface area contributed by atoms with Gasteiger partial charge in [0.1, 0.15) is 18.1 Å². The van der Waals surface area contributed by atoms with Gasteiger partial charge in [-0.15, -0.1) is 0 Å². The lowest BCUT2D eigenvalue weighted by Gasteiger charge is -2.15. The molecule has 0 atom stereocenters. The highest BCUT2D eigenvalue weighted by atomic mass is 79.9. The summed E-state index contributed by atoms with van der Waals surface area (Å²) >= 11 is 9.57. The third-order valence-corrected chi connectivity index (χ3v) is 5.76. The van der Waals surface area contributed by atoms with Crippen LogP contribution in [0.1, 0.15) is 11.1 Å². The summed E-state index contributed by atoms with van der Waals surface area (Å²) in [7, 11) is 1.64. The van der Waals surface area contributed by atoms with Crippen molar-refractivity contribution in [1.29, 1.82) is 0 Å². The van der Waals surface area contributed by atoms with Crippen molar-refractivity contribution in [3.63, 3.8) is 0 Å². The Morgan fingerprint density at radius 1 is 0.818 bits per heavy atom. The molecule has 0 saturated carbocycles. The molecule has 6 heteroatoms. The number of rotatable bonds is 9. The average Bonchev–Trinajstić information content (AvgIpc) is 2.84. The topological polar surface area (TPSA) is 39.7 Å². The van der Waals surface area contributed by atoms with Crippen molar-refractivity contribution < 1.29 is 14.2 Å². The Labute approximate surface area is 207 Å². The smallest absolute Gasteiger partial charge is 0.175 e. The molecular weight excluding hydrogens is 502 g/mol. The summed E-state index contributed by atoms with van der Waals surface area (Å²) in [4.78, 5) is 0. The first-order chi connectivity index (χ1) is 16.1. The number of nitrogens with one attached hydrogen (secondary N) is 1. The van der Waals surface area contributed by atoms with Crippen LogP contribution >= 0.6 is 27.5 Å². The second-order valence-corrected chi connectivity index (χ2v) is 8.61. The number of para-hydroxylation sites is 1. The third kappa shape index (κ3) is 6.44. The van der Waals surface area contributed by atoms with Crippen LogP contribution in [0.3, 0.4) is 0 Å². The van der Waals surface area contributed by atoms with Gasteiger partial charge in [-0.1, -0.05) is 41.9 Å². The Morgan fingerprint density at radius 3 is 2.21 bits per heavy atom. The van der Waals surface area contributed by atoms with Crippen molar-refractivity contribution in [2.75, 3.05) is 12.4 Å². The molecule has 0 amide bonds. The number of methoxy groups -OCH3 is 1. The quantitative estimate of drug-likeness (QED) is 0.240. The molecule has 4 nitrogen and oxygen atoms in total. The normalized spacial score (nSPS) is 10.5. The zero-order valence-corrected chi connectivity index (χ0v) is 20.4. The van der Waals surface area contributed by atoms with E-state index >= 15 is 0 Å². The lowest BCUT2D eigenvalue weighted by atomic mass is 10.2. The molecule has 0 radical (unpaired) electrons. The standard InChI is InChI=1S/C27H23BrClNO3/c1-31-26-16-20(15-25(28)27(26)32-18-19-7-9-21(29)10-8-19)17-30-22-11-13-24(14-12-22)33-23-5-3-2-4-6-23/h2-16,30H,17-18H2,1H3. The molecule has 0 saturated heterocycles. The second kappa shape index (κ2) is 11.1. The summed E-state index contributed by atoms with van der Waals surface area (Å²) in [5.41, 5.74) is 3.08. The van der Waals surface area contributed by atoms with E-state index in [4.69, 9.17) is 25.8 Å². The number of halogens is 2. The minimum Gasteiger partial charge on any atom is -0.493 e. The van der Waals surface area contributed by atoms with Crippen molar-refractivity contribution in [3.8, 4) is 23.0 Å². The molecule has 168 valence electrons. The summed E-state index contributed by atoms with van der Waals surface area (Å²) in [6.07, 6.45) is 0. The fourth-order valence-corrected chi connectivity index (χ4v) is 3.95. The summed E-state index contributed by atoms with van der Waals surface area (Å²) < 4.78 is 18.3. The number of hydrogen-bond acceptors (Lipinski definition) is 4. The van der Waals surface area contributed by atoms with Gasteiger partial charge in [-0.2, -0.15) is 0 Å². The Kier molecular flexibility index (Phi) is 7.76. The average molecular weight is 525 g/mol. The van der Waals surface area contributed by atoms with Crippen molar-refractivity contribution in [2.45, 2.75) is 13.2 Å². The van der Waals surface area contributed by atoms with Gasteiger partial charge < -0.3 is 19.5 Å². The maximum absolute atomic E-state index is 6.02. The van der Waals surface area contributed by atoms with Crippen LogP contribution in [0, 0.1) is 0 Å². The molecule has 1 N–H and O–H groups in total. The molecular formula is C27H23BrClNO3. The van der Waals surface area contributed by atoms with Gasteiger partial charge in [0.25, 0.3) is 0 Å². The van der Waals surface area contributed by atoms with E-state index in [0.29, 0.717) is 29.7 Å². The van der Waals surface area contributed by atoms with E-state index in [1.807, 2.05) is 91.0 Å². The first kappa shape index (κ1) is 23.0. The van der Waals surface area contributed by atoms with E-state index in [0.717, 1.165) is 32.8 Å². The molecule has 0 spiro atoms. The molecule has 33 heavy (non-hydrogen) atoms. The summed E-state index contributed by atoms with van der Waals surface area (Å²) in [6.45, 7) is 1.05. The van der Waals surface area contributed by atoms with Gasteiger partial charge in [0, 0.05) is 17.3 Å². The SMILES string of the molecule is COc1cc(CNc2ccc(Oc3ccccc3)cc2)cc(Br)c1OCc1ccc(Cl)cc1. The van der Waals surface area contributed by atoms with Gasteiger partial charge in [0.2, 0.25) is 0 Å². The molecule has 0 aliphatic rings. The summed E-state index contributed by atoms with van der Waals surface area (Å²) in [6, 6.07) is 29.2. The molecule has 0 aromatic heterocycles. The Balaban J connectivity index is 1.38. The largest absolute Gasteiger partial charge is 0.493 e. The molecule has 4 aromatic rings. The molecule has 4 rings (SSSR count). The van der Waals surface area contributed by atoms with Gasteiger partial charge in [-0.3, -0.25) is 0 Å². The Hall–Kier alpha value is -3.15. The highest BCUT2D eigenvalue weighted by molar-refractivity contribution is 9.10. The number of ether oxygens (including phenoxy) is 3. The molecule has 0 fully saturated rings. The minimum atomic E-state index is 0.418. The molecule has 4 aromatic carbocycles. The van der Waals surface area contributed by atoms with Crippen LogP contribution in [0.5, 0.6) is 23.0 Å². The molecule has 0 heterocycles. The minimum absolute atomic E-state index is 0.418. The number of hydrogen-bond donors (Lipinski definition) is 1. The van der Waals surface area contributed by atoms with Crippen LogP contribution < -0.4 is 19.5 Å². The van der Waals surface area contributed by atoms with E-state index in [-0.39, 0.29) is 0 Å². The monoisotopic (exact) mass is 523 g/mol. The van der Waals surface area contributed by atoms with E-state index in [1.54, 1.807) is 7.11 Å². The maximum Gasteiger partial charge on any atom is 0.175 e. The van der Waals surface area contributed by atoms with E-state index in [9.17, 15) is 0 Å². The van der Waals surface area contributed by atoms with Crippen LogP contribution in [0.2, 0.25) is 5.02 Å². The molecule has 0 unspecified atom stereocenters. The highest BCUT2D eigenvalue weighted by Gasteiger charge is 2.12. The van der Waals surface area contributed by atoms with Gasteiger partial charge >= 0.3 is 0 Å². The van der Waals surface area contributed by atoms with Crippen LogP contribution in [-0.2, 0) is 13.2 Å². The lowest BCUT2D eigenvalue weighted by molar-refractivity contribution is 0.282. The second-order valence-electron chi connectivity index (χ2n) is 7.32. The van der Waals surface area contributed by atoms with Crippen LogP contribution in [-0.4, -0.2) is 7.11 Å². The number of anilines is 1. The van der Waals surface area contributed by atoms with Crippen LogP contribution in [0.4, 0.5) is 5.69 Å². The van der Waals surface area contributed by atoms with Gasteiger partial charge in [-0.05, 0) is 87.7 Å². The zero-order chi connectivity index (χ0) is 23.0. The van der Waals surface area contributed by atoms with Crippen molar-refractivity contribution in [2.24, 2.45) is 0 Å². The van der Waals surface area contributed by atoms with Gasteiger partial charge in [0.05, 0.1) is 11.6 Å². The molecule has 0 aliphatic heterocycles. The zero-order valence-electron chi connectivity index (χ0n) is 18.1. The van der Waals surface area contributed by atoms with E-state index in [2.05, 4.69) is 21.2 Å². The third-order valence-electron chi connectivity index (χ3n) is 4.92. The van der Waals surface area contributed by atoms with Crippen molar-refractivity contribution in [1.82, 2.24) is 0 Å². The Morgan fingerprint density at radius 2 is 1.52 bits per heavy atom. The highest BCUT2D eigenvalue weighted by Crippen LogP contribution is 2.37. The van der Waals surface area contributed by atoms with E-state index in [1.165, 1.54) is 0 Å². The fraction of sp³-hybridized carbons (Fsp3) is 0.111. The fourth-order valence-electron chi connectivity index (χ4n) is 3.22. The summed E-state index contributed by atoms with van der Waals surface area (Å²) in [5.74, 6) is 2.94. The summed E-state index contributed by atoms with van der Waals surface area (Å²) in [5, 5.41) is 4.13. The lowest BCUT2D eigenvalue weighted by Crippen LogP contribution is -2.03. The van der Waals surface area contributed by atoms with Crippen molar-refractivity contribution >= 4 is 33.2 Å². The predicted molar refractivity (Wildman–Crippen MR) is 137 cm³/mol. The van der Waals surface area contributed by atoms with Gasteiger partial charge in [-0.25, -0.2) is 0 Å². The Bertz CT molecular complexity index is 1180. The predicted octanol–water partition coefficient (Wildman–Crippen LogP) is 8.09. The maximum atomic E-state index is 6.02. The van der Waals surface area contributed by atoms with Crippen molar-refractivity contribution in [3.05, 3.63) is 112 Å².